The van der Waals surface area contributed by atoms with Crippen LogP contribution in [0.25, 0.3) is 0 Å². The third kappa shape index (κ3) is 1.99. The fourth-order valence-electron chi connectivity index (χ4n) is 0.685. The third-order valence-corrected chi connectivity index (χ3v) is 1.40. The number of H-pyrrole nitrogens is 1. The molecule has 1 rings (SSSR count). The molecule has 1 aromatic rings. The summed E-state index contributed by atoms with van der Waals surface area (Å²) < 4.78 is 0. The molecule has 1 aromatic heterocycles. The average molecular weight is 205 g/mol. The van der Waals surface area contributed by atoms with Crippen molar-refractivity contribution in [3.8, 4) is 0 Å². The number of anilines is 1. The van der Waals surface area contributed by atoms with Gasteiger partial charge in [0, 0.05) is 0 Å². The molecule has 0 aromatic carbocycles. The van der Waals surface area contributed by atoms with Crippen molar-refractivity contribution in [3.63, 3.8) is 0 Å². The van der Waals surface area contributed by atoms with Crippen LogP contribution in [-0.4, -0.2) is 15.1 Å². The Hall–Kier alpha value is -1.00. The van der Waals surface area contributed by atoms with E-state index in [0.29, 0.717) is 11.5 Å². The molecule has 64 valence electrons. The molecule has 3 N–H and O–H groups in total. The van der Waals surface area contributed by atoms with Crippen LogP contribution in [0.1, 0.15) is 5.69 Å². The second-order valence-corrected chi connectivity index (χ2v) is 2.80. The zero-order valence-corrected chi connectivity index (χ0v) is 7.50. The molecule has 0 spiro atoms. The van der Waals surface area contributed by atoms with Crippen LogP contribution in [-0.2, 0) is 0 Å². The molecular weight excluding hydrogens is 199 g/mol. The molecule has 12 heavy (non-hydrogen) atoms. The summed E-state index contributed by atoms with van der Waals surface area (Å²) in [7, 11) is 0. The lowest BCUT2D eigenvalue weighted by molar-refractivity contribution is 1.30. The van der Waals surface area contributed by atoms with Crippen molar-refractivity contribution in [2.75, 3.05) is 5.32 Å². The molecule has 0 radical (unpaired) electrons. The first kappa shape index (κ1) is 9.09. The molecule has 0 aliphatic carbocycles. The average Bonchev–Trinajstić information content (AvgIpc) is 2.33. The predicted molar refractivity (Wildman–Crippen MR) is 49.9 cm³/mol. The largest absolute Gasteiger partial charge is 0.341 e. The topological polar surface area (TPSA) is 64.6 Å². The van der Waals surface area contributed by atoms with Crippen molar-refractivity contribution in [3.05, 3.63) is 23.8 Å². The SMILES string of the molecule is C=C(Cl)Nc1nc[nH]c1C(=N)Cl. The lowest BCUT2D eigenvalue weighted by Gasteiger charge is -2.00. The number of hydrogen-bond acceptors (Lipinski definition) is 3. The quantitative estimate of drug-likeness (QED) is 0.522. The first-order chi connectivity index (χ1) is 5.61. The van der Waals surface area contributed by atoms with E-state index in [1.54, 1.807) is 0 Å². The molecule has 1 heterocycles. The molecule has 0 bridgehead atoms. The molecular formula is C6H6Cl2N4. The maximum Gasteiger partial charge on any atom is 0.159 e. The van der Waals surface area contributed by atoms with Gasteiger partial charge in [-0.05, 0) is 0 Å². The van der Waals surface area contributed by atoms with Crippen molar-refractivity contribution < 1.29 is 0 Å². The van der Waals surface area contributed by atoms with E-state index in [-0.39, 0.29) is 10.3 Å². The zero-order valence-electron chi connectivity index (χ0n) is 5.99. The smallest absolute Gasteiger partial charge is 0.159 e. The van der Waals surface area contributed by atoms with Gasteiger partial charge in [-0.25, -0.2) is 4.98 Å². The molecule has 0 aliphatic heterocycles. The van der Waals surface area contributed by atoms with Gasteiger partial charge in [0.05, 0.1) is 6.33 Å². The lowest BCUT2D eigenvalue weighted by atomic mass is 10.4. The summed E-state index contributed by atoms with van der Waals surface area (Å²) in [4.78, 5) is 6.52. The van der Waals surface area contributed by atoms with Crippen molar-refractivity contribution in [1.82, 2.24) is 9.97 Å². The Labute approximate surface area is 79.1 Å². The van der Waals surface area contributed by atoms with Crippen LogP contribution in [0.15, 0.2) is 18.1 Å². The number of aromatic nitrogens is 2. The van der Waals surface area contributed by atoms with Crippen LogP contribution in [0.5, 0.6) is 0 Å². The van der Waals surface area contributed by atoms with E-state index >= 15 is 0 Å². The number of halogens is 2. The van der Waals surface area contributed by atoms with E-state index in [2.05, 4.69) is 21.9 Å². The van der Waals surface area contributed by atoms with E-state index in [1.165, 1.54) is 6.33 Å². The van der Waals surface area contributed by atoms with E-state index in [9.17, 15) is 0 Å². The standard InChI is InChI=1S/C6H6Cl2N4/c1-3(7)12-6-4(5(8)9)10-2-11-6/h2,9,12H,1H2,(H,10,11). The fourth-order valence-corrected chi connectivity index (χ4v) is 0.918. The predicted octanol–water partition coefficient (Wildman–Crippen LogP) is 2.10. The molecule has 6 heteroatoms. The third-order valence-electron chi connectivity index (χ3n) is 1.11. The number of rotatable bonds is 3. The summed E-state index contributed by atoms with van der Waals surface area (Å²) >= 11 is 10.9. The molecule has 0 atom stereocenters. The summed E-state index contributed by atoms with van der Waals surface area (Å²) in [5.41, 5.74) is 0.387. The van der Waals surface area contributed by atoms with Gasteiger partial charge in [0.15, 0.2) is 5.82 Å². The van der Waals surface area contributed by atoms with Gasteiger partial charge in [-0.3, -0.25) is 5.41 Å². The van der Waals surface area contributed by atoms with Crippen LogP contribution in [0.2, 0.25) is 0 Å². The number of aromatic amines is 1. The normalized spacial score (nSPS) is 9.50. The van der Waals surface area contributed by atoms with Gasteiger partial charge in [-0.2, -0.15) is 0 Å². The lowest BCUT2D eigenvalue weighted by Crippen LogP contribution is -1.99. The Kier molecular flexibility index (Phi) is 2.73. The highest BCUT2D eigenvalue weighted by molar-refractivity contribution is 6.68. The molecule has 0 unspecified atom stereocenters. The van der Waals surface area contributed by atoms with Crippen LogP contribution < -0.4 is 5.32 Å². The minimum Gasteiger partial charge on any atom is -0.341 e. The summed E-state index contributed by atoms with van der Waals surface area (Å²) in [5.74, 6) is 0.398. The Bertz CT molecular complexity index is 317. The summed E-state index contributed by atoms with van der Waals surface area (Å²) in [6.45, 7) is 3.42. The number of nitrogens with zero attached hydrogens (tertiary/aromatic N) is 1. The fraction of sp³-hybridized carbons (Fsp3) is 0. The van der Waals surface area contributed by atoms with Gasteiger partial charge < -0.3 is 10.3 Å². The molecule has 0 saturated heterocycles. The first-order valence-electron chi connectivity index (χ1n) is 3.00. The van der Waals surface area contributed by atoms with Crippen LogP contribution in [0, 0.1) is 5.41 Å². The number of nitrogens with one attached hydrogen (secondary N) is 3. The van der Waals surface area contributed by atoms with Gasteiger partial charge in [-0.1, -0.05) is 29.8 Å². The van der Waals surface area contributed by atoms with Crippen molar-refractivity contribution in [1.29, 1.82) is 5.41 Å². The Morgan fingerprint density at radius 2 is 2.33 bits per heavy atom. The summed E-state index contributed by atoms with van der Waals surface area (Å²) in [6.07, 6.45) is 1.41. The first-order valence-corrected chi connectivity index (χ1v) is 3.76. The van der Waals surface area contributed by atoms with E-state index in [1.807, 2.05) is 0 Å². The Morgan fingerprint density at radius 1 is 1.67 bits per heavy atom. The van der Waals surface area contributed by atoms with Crippen LogP contribution in [0.3, 0.4) is 0 Å². The highest BCUT2D eigenvalue weighted by atomic mass is 35.5. The molecule has 0 fully saturated rings. The molecule has 0 amide bonds. The van der Waals surface area contributed by atoms with Gasteiger partial charge in [0.25, 0.3) is 0 Å². The maximum absolute atomic E-state index is 7.12. The minimum absolute atomic E-state index is 0.132. The number of imidazole rings is 1. The van der Waals surface area contributed by atoms with Crippen molar-refractivity contribution in [2.24, 2.45) is 0 Å². The van der Waals surface area contributed by atoms with Gasteiger partial charge in [-0.15, -0.1) is 0 Å². The highest BCUT2D eigenvalue weighted by Gasteiger charge is 2.08. The molecule has 0 saturated carbocycles. The van der Waals surface area contributed by atoms with E-state index < -0.39 is 0 Å². The summed E-state index contributed by atoms with van der Waals surface area (Å²) in [6, 6.07) is 0. The summed E-state index contributed by atoms with van der Waals surface area (Å²) in [5, 5.41) is 9.85. The Balaban J connectivity index is 2.91. The monoisotopic (exact) mass is 204 g/mol. The second kappa shape index (κ2) is 3.60. The molecule has 4 nitrogen and oxygen atoms in total. The van der Waals surface area contributed by atoms with E-state index in [4.69, 9.17) is 28.6 Å². The van der Waals surface area contributed by atoms with E-state index in [0.717, 1.165) is 0 Å². The number of hydrogen-bond donors (Lipinski definition) is 3. The second-order valence-electron chi connectivity index (χ2n) is 1.97. The van der Waals surface area contributed by atoms with Gasteiger partial charge in [0.1, 0.15) is 16.0 Å². The minimum atomic E-state index is -0.132. The highest BCUT2D eigenvalue weighted by Crippen LogP contribution is 2.14. The molecule has 0 aliphatic rings. The van der Waals surface area contributed by atoms with Crippen LogP contribution in [0.4, 0.5) is 5.82 Å². The maximum atomic E-state index is 7.12. The van der Waals surface area contributed by atoms with Crippen molar-refractivity contribution >= 4 is 34.2 Å². The zero-order chi connectivity index (χ0) is 9.14. The van der Waals surface area contributed by atoms with Gasteiger partial charge in [0.2, 0.25) is 0 Å². The van der Waals surface area contributed by atoms with Gasteiger partial charge >= 0.3 is 0 Å². The van der Waals surface area contributed by atoms with Crippen molar-refractivity contribution in [2.45, 2.75) is 0 Å². The van der Waals surface area contributed by atoms with Crippen LogP contribution >= 0.6 is 23.2 Å². The Morgan fingerprint density at radius 3 is 2.83 bits per heavy atom.